The summed E-state index contributed by atoms with van der Waals surface area (Å²) < 4.78 is 16.9. The van der Waals surface area contributed by atoms with Crippen LogP contribution < -0.4 is 0 Å². The second-order valence-corrected chi connectivity index (χ2v) is 22.4. The summed E-state index contributed by atoms with van der Waals surface area (Å²) in [5.74, 6) is -0.885. The highest BCUT2D eigenvalue weighted by molar-refractivity contribution is 5.71. The van der Waals surface area contributed by atoms with Crippen molar-refractivity contribution in [2.24, 2.45) is 0 Å². The zero-order valence-electron chi connectivity index (χ0n) is 50.3. The summed E-state index contributed by atoms with van der Waals surface area (Å²) in [6.07, 6.45) is 79.9. The Morgan fingerprint density at radius 2 is 0.520 bits per heavy atom. The lowest BCUT2D eigenvalue weighted by molar-refractivity contribution is -0.167. The zero-order valence-corrected chi connectivity index (χ0v) is 50.3. The average Bonchev–Trinajstić information content (AvgIpc) is 3.41. The van der Waals surface area contributed by atoms with Gasteiger partial charge in [-0.15, -0.1) is 0 Å². The quantitative estimate of drug-likeness (QED) is 0.0261. The van der Waals surface area contributed by atoms with Crippen LogP contribution in [0.2, 0.25) is 0 Å². The predicted octanol–water partition coefficient (Wildman–Crippen LogP) is 22.6. The molecular weight excluding hydrogens is 925 g/mol. The van der Waals surface area contributed by atoms with E-state index in [1.165, 1.54) is 212 Å². The Hall–Kier alpha value is -2.63. The molecule has 1 unspecified atom stereocenters. The Kier molecular flexibility index (Phi) is 61.7. The van der Waals surface area contributed by atoms with Gasteiger partial charge in [0.25, 0.3) is 0 Å². The zero-order chi connectivity index (χ0) is 54.3. The summed E-state index contributed by atoms with van der Waals surface area (Å²) in [6, 6.07) is 0. The van der Waals surface area contributed by atoms with Crippen molar-refractivity contribution in [2.45, 2.75) is 361 Å². The predicted molar refractivity (Wildman–Crippen MR) is 325 cm³/mol. The van der Waals surface area contributed by atoms with Crippen LogP contribution >= 0.6 is 0 Å². The smallest absolute Gasteiger partial charge is 0.306 e. The molecule has 0 aliphatic heterocycles. The largest absolute Gasteiger partial charge is 0.462 e. The molecule has 0 heterocycles. The molecule has 0 fully saturated rings. The summed E-state index contributed by atoms with van der Waals surface area (Å²) in [5.41, 5.74) is 0. The van der Waals surface area contributed by atoms with Crippen LogP contribution in [0.5, 0.6) is 0 Å². The maximum Gasteiger partial charge on any atom is 0.306 e. The fourth-order valence-corrected chi connectivity index (χ4v) is 9.87. The first-order valence-corrected chi connectivity index (χ1v) is 33.1. The van der Waals surface area contributed by atoms with Crippen LogP contribution in [-0.4, -0.2) is 37.2 Å². The monoisotopic (exact) mass is 1050 g/mol. The van der Waals surface area contributed by atoms with E-state index in [0.717, 1.165) is 103 Å². The molecule has 0 amide bonds. The summed E-state index contributed by atoms with van der Waals surface area (Å²) in [4.78, 5) is 38.3. The molecule has 1 atom stereocenters. The highest BCUT2D eigenvalue weighted by Crippen LogP contribution is 2.18. The minimum Gasteiger partial charge on any atom is -0.462 e. The molecule has 0 saturated heterocycles. The highest BCUT2D eigenvalue weighted by atomic mass is 16.6. The van der Waals surface area contributed by atoms with Gasteiger partial charge >= 0.3 is 17.9 Å². The first-order valence-electron chi connectivity index (χ1n) is 33.1. The van der Waals surface area contributed by atoms with Crippen molar-refractivity contribution in [2.75, 3.05) is 13.2 Å². The number of hydrogen-bond acceptors (Lipinski definition) is 6. The van der Waals surface area contributed by atoms with Gasteiger partial charge in [0.05, 0.1) is 0 Å². The minimum absolute atomic E-state index is 0.0794. The van der Waals surface area contributed by atoms with Crippen molar-refractivity contribution in [1.29, 1.82) is 0 Å². The number of unbranched alkanes of at least 4 members (excludes halogenated alkanes) is 42. The lowest BCUT2D eigenvalue weighted by Gasteiger charge is -2.18. The van der Waals surface area contributed by atoms with Crippen LogP contribution in [0.4, 0.5) is 0 Å². The van der Waals surface area contributed by atoms with E-state index >= 15 is 0 Å². The standard InChI is InChI=1S/C69H126O6/c1-4-7-10-13-16-19-22-25-28-29-30-31-32-33-34-35-36-37-38-39-42-44-47-50-53-56-59-62-68(71)74-65-66(75-69(72)63-60-57-54-51-48-45-41-27-24-21-18-15-12-9-6-3)64-73-67(70)61-58-55-52-49-46-43-40-26-23-20-17-14-11-8-5-2/h9,12,18,21,26-27,40-41,66H,4-8,10-11,13-17,19-20,22-25,28-39,42-65H2,1-3H3/b12-9-,21-18-,40-26-,41-27-. The Labute approximate surface area is 467 Å². The lowest BCUT2D eigenvalue weighted by Crippen LogP contribution is -2.30. The molecule has 0 spiro atoms. The topological polar surface area (TPSA) is 78.9 Å². The van der Waals surface area contributed by atoms with Gasteiger partial charge in [0.15, 0.2) is 6.10 Å². The van der Waals surface area contributed by atoms with Crippen molar-refractivity contribution in [1.82, 2.24) is 0 Å². The normalized spacial score (nSPS) is 12.3. The molecule has 0 aliphatic carbocycles. The van der Waals surface area contributed by atoms with Crippen molar-refractivity contribution in [3.63, 3.8) is 0 Å². The van der Waals surface area contributed by atoms with Gasteiger partial charge in [-0.05, 0) is 77.0 Å². The first kappa shape index (κ1) is 72.4. The molecule has 6 heteroatoms. The molecule has 0 aromatic rings. The number of hydrogen-bond donors (Lipinski definition) is 0. The number of carbonyl (C=O) groups excluding carboxylic acids is 3. The van der Waals surface area contributed by atoms with Gasteiger partial charge in [0.1, 0.15) is 13.2 Å². The van der Waals surface area contributed by atoms with E-state index in [1.807, 2.05) is 0 Å². The van der Waals surface area contributed by atoms with Crippen molar-refractivity contribution < 1.29 is 28.6 Å². The van der Waals surface area contributed by atoms with Crippen molar-refractivity contribution in [3.8, 4) is 0 Å². The molecule has 438 valence electrons. The molecule has 0 bridgehead atoms. The summed E-state index contributed by atoms with van der Waals surface area (Å²) >= 11 is 0. The van der Waals surface area contributed by atoms with Gasteiger partial charge in [0, 0.05) is 19.3 Å². The van der Waals surface area contributed by atoms with E-state index in [2.05, 4.69) is 69.4 Å². The van der Waals surface area contributed by atoms with Crippen LogP contribution in [0.15, 0.2) is 48.6 Å². The molecule has 6 nitrogen and oxygen atoms in total. The molecule has 0 rings (SSSR count). The Morgan fingerprint density at radius 3 is 0.827 bits per heavy atom. The number of rotatable bonds is 61. The molecule has 0 aromatic carbocycles. The summed E-state index contributed by atoms with van der Waals surface area (Å²) in [6.45, 7) is 6.56. The highest BCUT2D eigenvalue weighted by Gasteiger charge is 2.19. The molecule has 0 N–H and O–H groups in total. The van der Waals surface area contributed by atoms with Crippen LogP contribution in [0, 0.1) is 0 Å². The van der Waals surface area contributed by atoms with Gasteiger partial charge in [-0.25, -0.2) is 0 Å². The Bertz CT molecular complexity index is 1300. The van der Waals surface area contributed by atoms with Crippen LogP contribution in [0.25, 0.3) is 0 Å². The van der Waals surface area contributed by atoms with Crippen LogP contribution in [0.3, 0.4) is 0 Å². The second kappa shape index (κ2) is 63.9. The number of carbonyl (C=O) groups is 3. The van der Waals surface area contributed by atoms with E-state index in [-0.39, 0.29) is 31.1 Å². The fraction of sp³-hybridized carbons (Fsp3) is 0.841. The van der Waals surface area contributed by atoms with Crippen LogP contribution in [0.1, 0.15) is 355 Å². The van der Waals surface area contributed by atoms with E-state index in [4.69, 9.17) is 14.2 Å². The SMILES string of the molecule is CC/C=C\C/C=C\C/C=C\CCCCCCCC(=O)OC(COC(=O)CCCCCCC/C=C\CCCCCCCC)COC(=O)CCCCCCCCCCCCCCCCCCCCCCCCCCCCC. The van der Waals surface area contributed by atoms with E-state index in [9.17, 15) is 14.4 Å². The first-order chi connectivity index (χ1) is 37.0. The molecule has 0 aliphatic rings. The van der Waals surface area contributed by atoms with Gasteiger partial charge in [-0.3, -0.25) is 14.4 Å². The maximum absolute atomic E-state index is 12.9. The third-order valence-corrected chi connectivity index (χ3v) is 14.8. The molecular formula is C69H126O6. The number of ether oxygens (including phenoxy) is 3. The third kappa shape index (κ3) is 62.1. The molecule has 75 heavy (non-hydrogen) atoms. The van der Waals surface area contributed by atoms with Gasteiger partial charge in [0.2, 0.25) is 0 Å². The van der Waals surface area contributed by atoms with Gasteiger partial charge in [-0.2, -0.15) is 0 Å². The second-order valence-electron chi connectivity index (χ2n) is 22.4. The Balaban J connectivity index is 4.22. The van der Waals surface area contributed by atoms with Crippen LogP contribution in [-0.2, 0) is 28.6 Å². The van der Waals surface area contributed by atoms with Crippen molar-refractivity contribution in [3.05, 3.63) is 48.6 Å². The Morgan fingerprint density at radius 1 is 0.280 bits per heavy atom. The van der Waals surface area contributed by atoms with E-state index < -0.39 is 6.10 Å². The molecule has 0 radical (unpaired) electrons. The van der Waals surface area contributed by atoms with E-state index in [0.29, 0.717) is 19.3 Å². The lowest BCUT2D eigenvalue weighted by atomic mass is 10.0. The van der Waals surface area contributed by atoms with E-state index in [1.54, 1.807) is 0 Å². The van der Waals surface area contributed by atoms with Gasteiger partial charge < -0.3 is 14.2 Å². The van der Waals surface area contributed by atoms with Gasteiger partial charge in [-0.1, -0.05) is 307 Å². The fourth-order valence-electron chi connectivity index (χ4n) is 9.87. The summed E-state index contributed by atoms with van der Waals surface area (Å²) in [7, 11) is 0. The maximum atomic E-state index is 12.9. The van der Waals surface area contributed by atoms with Crippen molar-refractivity contribution >= 4 is 17.9 Å². The number of allylic oxidation sites excluding steroid dienone is 8. The number of esters is 3. The molecule has 0 saturated carbocycles. The summed E-state index contributed by atoms with van der Waals surface area (Å²) in [5, 5.41) is 0. The average molecular weight is 1050 g/mol. The minimum atomic E-state index is -0.785. The third-order valence-electron chi connectivity index (χ3n) is 14.8. The molecule has 0 aromatic heterocycles.